The second-order valence-corrected chi connectivity index (χ2v) is 12.1. The Labute approximate surface area is 267 Å². The van der Waals surface area contributed by atoms with Crippen LogP contribution >= 0.6 is 22.7 Å². The summed E-state index contributed by atoms with van der Waals surface area (Å²) in [4.78, 5) is 33.7. The lowest BCUT2D eigenvalue weighted by molar-refractivity contribution is -0.113. The summed E-state index contributed by atoms with van der Waals surface area (Å²) in [6.07, 6.45) is 1.80. The number of ether oxygens (including phenoxy) is 2. The van der Waals surface area contributed by atoms with Crippen molar-refractivity contribution in [2.24, 2.45) is 4.99 Å². The van der Waals surface area contributed by atoms with Gasteiger partial charge in [-0.25, -0.2) is 4.99 Å². The van der Waals surface area contributed by atoms with Gasteiger partial charge in [0, 0.05) is 16.1 Å². The Balaban J connectivity index is 1.36. The number of hydrogen-bond donors (Lipinski definition) is 1. The first-order valence-corrected chi connectivity index (χ1v) is 16.0. The van der Waals surface area contributed by atoms with Crippen LogP contribution in [0.5, 0.6) is 11.5 Å². The Morgan fingerprint density at radius 1 is 1.04 bits per heavy atom. The summed E-state index contributed by atoms with van der Waals surface area (Å²) < 4.78 is 14.0. The number of aromatic nitrogens is 1. The molecular formula is C35H28N4O4S2. The molecule has 0 unspecified atom stereocenters. The zero-order valence-electron chi connectivity index (χ0n) is 24.5. The highest BCUT2D eigenvalue weighted by Crippen LogP contribution is 2.33. The number of nitrogens with one attached hydrogen (secondary N) is 1. The fourth-order valence-electron chi connectivity index (χ4n) is 5.11. The number of rotatable bonds is 9. The van der Waals surface area contributed by atoms with E-state index in [2.05, 4.69) is 11.4 Å². The number of nitriles is 1. The van der Waals surface area contributed by atoms with Gasteiger partial charge < -0.3 is 14.8 Å². The number of carbonyl (C=O) groups excluding carboxylic acids is 1. The highest BCUT2D eigenvalue weighted by Gasteiger charge is 2.33. The molecule has 1 aliphatic rings. The van der Waals surface area contributed by atoms with Crippen molar-refractivity contribution in [2.45, 2.75) is 26.5 Å². The number of allylic oxidation sites excluding steroid dienone is 1. The molecule has 0 fully saturated rings. The normalized spacial score (nSPS) is 14.3. The topological polar surface area (TPSA) is 106 Å². The maximum atomic E-state index is 14.0. The van der Waals surface area contributed by atoms with Gasteiger partial charge in [-0.1, -0.05) is 59.9 Å². The van der Waals surface area contributed by atoms with Crippen molar-refractivity contribution in [2.75, 3.05) is 11.9 Å². The van der Waals surface area contributed by atoms with Crippen LogP contribution in [0.4, 0.5) is 5.69 Å². The molecule has 1 atom stereocenters. The number of benzene rings is 3. The summed E-state index contributed by atoms with van der Waals surface area (Å²) in [7, 11) is 0. The maximum absolute atomic E-state index is 14.0. The van der Waals surface area contributed by atoms with Gasteiger partial charge in [-0.3, -0.25) is 14.2 Å². The average Bonchev–Trinajstić information content (AvgIpc) is 3.69. The molecule has 0 aliphatic carbocycles. The molecule has 0 radical (unpaired) electrons. The first-order chi connectivity index (χ1) is 22.0. The van der Waals surface area contributed by atoms with Crippen LogP contribution in [-0.2, 0) is 11.4 Å². The number of fused-ring (bicyclic) bond motifs is 1. The van der Waals surface area contributed by atoms with Crippen LogP contribution < -0.4 is 29.7 Å². The molecule has 1 aliphatic heterocycles. The third-order valence-electron chi connectivity index (χ3n) is 7.20. The van der Waals surface area contributed by atoms with E-state index in [1.165, 1.54) is 22.7 Å². The summed E-state index contributed by atoms with van der Waals surface area (Å²) in [5, 5.41) is 14.3. The number of amides is 1. The second kappa shape index (κ2) is 13.2. The van der Waals surface area contributed by atoms with E-state index in [0.717, 1.165) is 16.0 Å². The van der Waals surface area contributed by atoms with Gasteiger partial charge in [-0.2, -0.15) is 5.26 Å². The first-order valence-electron chi connectivity index (χ1n) is 14.3. The van der Waals surface area contributed by atoms with Crippen LogP contribution in [0, 0.1) is 11.3 Å². The lowest BCUT2D eigenvalue weighted by Gasteiger charge is -2.24. The lowest BCUT2D eigenvalue weighted by atomic mass is 10.0. The Hall–Kier alpha value is -5.24. The van der Waals surface area contributed by atoms with E-state index in [4.69, 9.17) is 14.5 Å². The smallest absolute Gasteiger partial charge is 0.271 e. The number of carbonyl (C=O) groups is 1. The fraction of sp³-hybridized carbons (Fsp3) is 0.143. The first kappa shape index (κ1) is 29.8. The predicted molar refractivity (Wildman–Crippen MR) is 176 cm³/mol. The molecule has 10 heteroatoms. The van der Waals surface area contributed by atoms with Crippen LogP contribution in [0.2, 0.25) is 0 Å². The largest absolute Gasteiger partial charge is 0.490 e. The molecular weight excluding hydrogens is 605 g/mol. The van der Waals surface area contributed by atoms with Gasteiger partial charge in [0.15, 0.2) is 16.3 Å². The summed E-state index contributed by atoms with van der Waals surface area (Å²) in [6.45, 7) is 4.33. The minimum Gasteiger partial charge on any atom is -0.490 e. The number of thiazole rings is 1. The van der Waals surface area contributed by atoms with Gasteiger partial charge in [-0.05, 0) is 67.3 Å². The molecule has 5 aromatic rings. The Bertz CT molecular complexity index is 2120. The van der Waals surface area contributed by atoms with Crippen LogP contribution in [0.3, 0.4) is 0 Å². The van der Waals surface area contributed by atoms with Crippen molar-refractivity contribution in [1.29, 1.82) is 5.26 Å². The van der Waals surface area contributed by atoms with Crippen LogP contribution in [-0.4, -0.2) is 17.1 Å². The number of nitrogens with zero attached hydrogens (tertiary/aromatic N) is 3. The number of hydrogen-bond acceptors (Lipinski definition) is 8. The monoisotopic (exact) mass is 632 g/mol. The van der Waals surface area contributed by atoms with Crippen molar-refractivity contribution in [1.82, 2.24) is 4.57 Å². The molecule has 3 heterocycles. The molecule has 45 heavy (non-hydrogen) atoms. The van der Waals surface area contributed by atoms with Gasteiger partial charge in [-0.15, -0.1) is 11.3 Å². The Kier molecular flexibility index (Phi) is 8.73. The lowest BCUT2D eigenvalue weighted by Crippen LogP contribution is -2.40. The van der Waals surface area contributed by atoms with Gasteiger partial charge in [0.05, 0.1) is 34.0 Å². The molecule has 0 spiro atoms. The molecule has 0 bridgehead atoms. The number of para-hydroxylation sites is 1. The molecule has 0 saturated heterocycles. The minimum atomic E-state index is -0.613. The van der Waals surface area contributed by atoms with Crippen LogP contribution in [0.1, 0.15) is 41.5 Å². The third kappa shape index (κ3) is 6.22. The Morgan fingerprint density at radius 2 is 1.84 bits per heavy atom. The average molecular weight is 633 g/mol. The molecule has 6 rings (SSSR count). The van der Waals surface area contributed by atoms with Crippen molar-refractivity contribution in [3.63, 3.8) is 0 Å². The van der Waals surface area contributed by atoms with Crippen molar-refractivity contribution in [3.8, 4) is 17.6 Å². The highest BCUT2D eigenvalue weighted by atomic mass is 32.1. The SMILES string of the molecule is CCOc1cc(/C=c2/sc3n(c2=O)[C@H](c2cccs2)C(C(=O)Nc2ccccc2)=C(C)N=3)ccc1OCc1ccccc1C#N. The molecule has 1 N–H and O–H groups in total. The zero-order chi connectivity index (χ0) is 31.3. The zero-order valence-corrected chi connectivity index (χ0v) is 26.2. The highest BCUT2D eigenvalue weighted by molar-refractivity contribution is 7.10. The number of anilines is 1. The van der Waals surface area contributed by atoms with Gasteiger partial charge in [0.1, 0.15) is 12.6 Å². The fourth-order valence-corrected chi connectivity index (χ4v) is 6.98. The summed E-state index contributed by atoms with van der Waals surface area (Å²) in [6, 6.07) is 27.4. The maximum Gasteiger partial charge on any atom is 0.271 e. The van der Waals surface area contributed by atoms with E-state index in [9.17, 15) is 14.9 Å². The standard InChI is InChI=1S/C35H28N4O4S2/c1-3-42-28-18-23(15-16-27(28)43-21-25-11-8-7-10-24(25)20-36)19-30-34(41)39-32(29-14-9-17-44-29)31(22(2)37-35(39)45-30)33(40)38-26-12-5-4-6-13-26/h4-19,32H,3,21H2,1-2H3,(H,38,40)/b30-19+/t32-/m1/s1. The summed E-state index contributed by atoms with van der Waals surface area (Å²) in [5.74, 6) is 0.760. The van der Waals surface area contributed by atoms with Crippen molar-refractivity contribution in [3.05, 3.63) is 143 Å². The van der Waals surface area contributed by atoms with Crippen molar-refractivity contribution >= 4 is 40.3 Å². The summed E-state index contributed by atoms with van der Waals surface area (Å²) in [5.41, 5.74) is 3.50. The van der Waals surface area contributed by atoms with Crippen LogP contribution in [0.15, 0.2) is 111 Å². The van der Waals surface area contributed by atoms with E-state index in [1.54, 1.807) is 29.7 Å². The predicted octanol–water partition coefficient (Wildman–Crippen LogP) is 5.78. The molecule has 0 saturated carbocycles. The van der Waals surface area contributed by atoms with E-state index < -0.39 is 6.04 Å². The van der Waals surface area contributed by atoms with Gasteiger partial charge in [0.2, 0.25) is 0 Å². The van der Waals surface area contributed by atoms with E-state index in [1.807, 2.05) is 85.1 Å². The van der Waals surface area contributed by atoms with Gasteiger partial charge in [0.25, 0.3) is 11.5 Å². The van der Waals surface area contributed by atoms with E-state index in [-0.39, 0.29) is 18.1 Å². The molecule has 1 amide bonds. The molecule has 3 aromatic carbocycles. The molecule has 8 nitrogen and oxygen atoms in total. The van der Waals surface area contributed by atoms with E-state index in [0.29, 0.717) is 50.0 Å². The van der Waals surface area contributed by atoms with Gasteiger partial charge >= 0.3 is 0 Å². The molecule has 224 valence electrons. The summed E-state index contributed by atoms with van der Waals surface area (Å²) >= 11 is 2.77. The minimum absolute atomic E-state index is 0.212. The number of thiophene rings is 1. The van der Waals surface area contributed by atoms with E-state index >= 15 is 0 Å². The molecule has 2 aromatic heterocycles. The quantitative estimate of drug-likeness (QED) is 0.222. The van der Waals surface area contributed by atoms with Crippen LogP contribution in [0.25, 0.3) is 6.08 Å². The Morgan fingerprint density at radius 3 is 2.60 bits per heavy atom. The van der Waals surface area contributed by atoms with Crippen molar-refractivity contribution < 1.29 is 14.3 Å². The third-order valence-corrected chi connectivity index (χ3v) is 9.10. The second-order valence-electron chi connectivity index (χ2n) is 10.1.